The van der Waals surface area contributed by atoms with Crippen molar-refractivity contribution in [2.45, 2.75) is 12.1 Å². The molecule has 2 amide bonds. The van der Waals surface area contributed by atoms with E-state index in [0.717, 1.165) is 5.69 Å². The van der Waals surface area contributed by atoms with E-state index in [4.69, 9.17) is 0 Å². The second-order valence-electron chi connectivity index (χ2n) is 7.05. The largest absolute Gasteiger partial charge is 0.326 e. The normalized spacial score (nSPS) is 10.6. The Morgan fingerprint density at radius 1 is 0.879 bits per heavy atom. The number of nitrogens with one attached hydrogen (secondary N) is 2. The smallest absolute Gasteiger partial charge is 0.234 e. The highest BCUT2D eigenvalue weighted by Gasteiger charge is 2.19. The molecule has 2 N–H and O–H groups in total. The summed E-state index contributed by atoms with van der Waals surface area (Å²) in [4.78, 5) is 23.6. The lowest BCUT2D eigenvalue weighted by molar-refractivity contribution is -0.114. The van der Waals surface area contributed by atoms with Gasteiger partial charge >= 0.3 is 0 Å². The molecule has 0 aliphatic heterocycles. The number of hydrogen-bond acceptors (Lipinski definition) is 5. The van der Waals surface area contributed by atoms with Crippen molar-refractivity contribution >= 4 is 35.0 Å². The Hall–Kier alpha value is -3.98. The minimum Gasteiger partial charge on any atom is -0.326 e. The van der Waals surface area contributed by atoms with Crippen LogP contribution < -0.4 is 10.6 Å². The molecule has 33 heavy (non-hydrogen) atoms. The zero-order chi connectivity index (χ0) is 23.2. The van der Waals surface area contributed by atoms with Crippen LogP contribution in [-0.4, -0.2) is 32.3 Å². The van der Waals surface area contributed by atoms with Crippen molar-refractivity contribution in [3.8, 4) is 17.1 Å². The first-order valence-electron chi connectivity index (χ1n) is 10.1. The third-order valence-corrected chi connectivity index (χ3v) is 5.51. The molecule has 0 spiro atoms. The molecule has 0 fully saturated rings. The van der Waals surface area contributed by atoms with Crippen molar-refractivity contribution in [1.29, 1.82) is 0 Å². The van der Waals surface area contributed by atoms with E-state index >= 15 is 0 Å². The first-order chi connectivity index (χ1) is 16.0. The van der Waals surface area contributed by atoms with Gasteiger partial charge in [-0.3, -0.25) is 14.2 Å². The number of carbonyl (C=O) groups is 2. The van der Waals surface area contributed by atoms with Gasteiger partial charge in [-0.1, -0.05) is 42.1 Å². The van der Waals surface area contributed by atoms with Crippen molar-refractivity contribution in [3.63, 3.8) is 0 Å². The van der Waals surface area contributed by atoms with Gasteiger partial charge in [-0.2, -0.15) is 0 Å². The lowest BCUT2D eigenvalue weighted by Crippen LogP contribution is -2.14. The predicted octanol–water partition coefficient (Wildman–Crippen LogP) is 4.76. The third kappa shape index (κ3) is 5.45. The lowest BCUT2D eigenvalue weighted by Gasteiger charge is -2.11. The fourth-order valence-electron chi connectivity index (χ4n) is 3.16. The molecule has 1 aromatic heterocycles. The maximum atomic E-state index is 14.5. The van der Waals surface area contributed by atoms with Crippen LogP contribution in [0.25, 0.3) is 17.1 Å². The van der Waals surface area contributed by atoms with Gasteiger partial charge in [-0.15, -0.1) is 10.2 Å². The summed E-state index contributed by atoms with van der Waals surface area (Å²) in [5, 5.41) is 14.4. The second kappa shape index (κ2) is 10.1. The number of thioether (sulfide) groups is 1. The van der Waals surface area contributed by atoms with Crippen LogP contribution in [-0.2, 0) is 9.59 Å². The molecule has 1 heterocycles. The van der Waals surface area contributed by atoms with Crippen LogP contribution in [0.5, 0.6) is 0 Å². The molecule has 0 saturated heterocycles. The quantitative estimate of drug-likeness (QED) is 0.387. The molecule has 0 saturated carbocycles. The molecule has 4 aromatic rings. The van der Waals surface area contributed by atoms with Crippen LogP contribution in [0.15, 0.2) is 84.0 Å². The van der Waals surface area contributed by atoms with Gasteiger partial charge in [0.1, 0.15) is 5.82 Å². The summed E-state index contributed by atoms with van der Waals surface area (Å²) in [6.07, 6.45) is 0. The van der Waals surface area contributed by atoms with E-state index in [-0.39, 0.29) is 17.6 Å². The summed E-state index contributed by atoms with van der Waals surface area (Å²) >= 11 is 1.20. The first-order valence-corrected chi connectivity index (χ1v) is 11.1. The molecule has 0 bridgehead atoms. The number of amides is 2. The van der Waals surface area contributed by atoms with E-state index in [1.807, 2.05) is 30.3 Å². The minimum absolute atomic E-state index is 0.0791. The molecule has 0 aliphatic carbocycles. The number of nitrogens with zero attached hydrogens (tertiary/aromatic N) is 3. The molecule has 4 rings (SSSR count). The van der Waals surface area contributed by atoms with Crippen LogP contribution in [0.1, 0.15) is 6.92 Å². The maximum absolute atomic E-state index is 14.5. The average Bonchev–Trinajstić information content (AvgIpc) is 3.23. The number of rotatable bonds is 7. The Bertz CT molecular complexity index is 1280. The van der Waals surface area contributed by atoms with E-state index in [1.165, 1.54) is 24.8 Å². The predicted molar refractivity (Wildman–Crippen MR) is 127 cm³/mol. The summed E-state index contributed by atoms with van der Waals surface area (Å²) in [7, 11) is 0. The number of hydrogen-bond donors (Lipinski definition) is 2. The number of aromatic nitrogens is 3. The van der Waals surface area contributed by atoms with Crippen molar-refractivity contribution < 1.29 is 14.0 Å². The lowest BCUT2D eigenvalue weighted by atomic mass is 10.2. The number of halogens is 1. The first kappa shape index (κ1) is 22.2. The van der Waals surface area contributed by atoms with E-state index in [2.05, 4.69) is 20.8 Å². The van der Waals surface area contributed by atoms with Gasteiger partial charge in [-0.25, -0.2) is 4.39 Å². The number of anilines is 2. The molecule has 7 nitrogen and oxygen atoms in total. The standard InChI is InChI=1S/C24H20FN5O2S/c1-16(31)26-17-11-13-18(14-12-17)27-22(32)15-33-24-29-28-23(20-9-5-6-10-21(20)25)30(24)19-7-3-2-4-8-19/h2-14H,15H2,1H3,(H,26,31)(H,27,32). The molecule has 0 radical (unpaired) electrons. The van der Waals surface area contributed by atoms with Gasteiger partial charge in [0, 0.05) is 24.0 Å². The zero-order valence-corrected chi connectivity index (χ0v) is 18.5. The van der Waals surface area contributed by atoms with Gasteiger partial charge < -0.3 is 10.6 Å². The summed E-state index contributed by atoms with van der Waals surface area (Å²) < 4.78 is 16.2. The Kier molecular flexibility index (Phi) is 6.80. The van der Waals surface area contributed by atoms with Gasteiger partial charge in [0.25, 0.3) is 0 Å². The molecule has 9 heteroatoms. The fourth-order valence-corrected chi connectivity index (χ4v) is 3.91. The Morgan fingerprint density at radius 2 is 1.52 bits per heavy atom. The topological polar surface area (TPSA) is 88.9 Å². The SMILES string of the molecule is CC(=O)Nc1ccc(NC(=O)CSc2nnc(-c3ccccc3F)n2-c2ccccc2)cc1. The highest BCUT2D eigenvalue weighted by atomic mass is 32.2. The van der Waals surface area contributed by atoms with E-state index in [0.29, 0.717) is 27.9 Å². The van der Waals surface area contributed by atoms with Gasteiger partial charge in [0.05, 0.1) is 11.3 Å². The molecule has 0 aliphatic rings. The van der Waals surface area contributed by atoms with Gasteiger partial charge in [0.15, 0.2) is 11.0 Å². The second-order valence-corrected chi connectivity index (χ2v) is 7.99. The minimum atomic E-state index is -0.404. The summed E-state index contributed by atoms with van der Waals surface area (Å²) in [5.41, 5.74) is 2.33. The molecule has 0 unspecified atom stereocenters. The van der Waals surface area contributed by atoms with Crippen molar-refractivity contribution in [2.75, 3.05) is 16.4 Å². The number of benzene rings is 3. The Morgan fingerprint density at radius 3 is 2.18 bits per heavy atom. The fraction of sp³-hybridized carbons (Fsp3) is 0.0833. The highest BCUT2D eigenvalue weighted by molar-refractivity contribution is 7.99. The number of para-hydroxylation sites is 1. The van der Waals surface area contributed by atoms with Gasteiger partial charge in [0.2, 0.25) is 11.8 Å². The van der Waals surface area contributed by atoms with Crippen LogP contribution in [0.3, 0.4) is 0 Å². The third-order valence-electron chi connectivity index (χ3n) is 4.58. The molecular formula is C24H20FN5O2S. The molecule has 0 atom stereocenters. The van der Waals surface area contributed by atoms with E-state index in [9.17, 15) is 14.0 Å². The molecular weight excluding hydrogens is 441 g/mol. The Labute approximate surface area is 194 Å². The van der Waals surface area contributed by atoms with Crippen molar-refractivity contribution in [3.05, 3.63) is 84.7 Å². The van der Waals surface area contributed by atoms with Crippen LogP contribution in [0, 0.1) is 5.82 Å². The summed E-state index contributed by atoms with van der Waals surface area (Å²) in [6.45, 7) is 1.43. The van der Waals surface area contributed by atoms with Crippen LogP contribution in [0.2, 0.25) is 0 Å². The van der Waals surface area contributed by atoms with Crippen molar-refractivity contribution in [1.82, 2.24) is 14.8 Å². The van der Waals surface area contributed by atoms with E-state index < -0.39 is 5.82 Å². The van der Waals surface area contributed by atoms with Crippen LogP contribution >= 0.6 is 11.8 Å². The van der Waals surface area contributed by atoms with Crippen molar-refractivity contribution in [2.24, 2.45) is 0 Å². The number of carbonyl (C=O) groups excluding carboxylic acids is 2. The maximum Gasteiger partial charge on any atom is 0.234 e. The van der Waals surface area contributed by atoms with Crippen LogP contribution in [0.4, 0.5) is 15.8 Å². The molecule has 166 valence electrons. The zero-order valence-electron chi connectivity index (χ0n) is 17.7. The highest BCUT2D eigenvalue weighted by Crippen LogP contribution is 2.29. The Balaban J connectivity index is 1.52. The van der Waals surface area contributed by atoms with E-state index in [1.54, 1.807) is 47.0 Å². The van der Waals surface area contributed by atoms with Gasteiger partial charge in [-0.05, 0) is 48.5 Å². The average molecular weight is 462 g/mol. The summed E-state index contributed by atoms with van der Waals surface area (Å²) in [6, 6.07) is 22.5. The molecule has 3 aromatic carbocycles. The monoisotopic (exact) mass is 461 g/mol. The summed E-state index contributed by atoms with van der Waals surface area (Å²) in [5.74, 6) is -0.368.